The predicted octanol–water partition coefficient (Wildman–Crippen LogP) is 2.18. The van der Waals surface area contributed by atoms with Crippen LogP contribution in [0, 0.1) is 0 Å². The van der Waals surface area contributed by atoms with Crippen LogP contribution in [-0.2, 0) is 4.74 Å². The van der Waals surface area contributed by atoms with Crippen molar-refractivity contribution < 1.29 is 14.3 Å². The van der Waals surface area contributed by atoms with Gasteiger partial charge in [-0.05, 0) is 18.2 Å². The summed E-state index contributed by atoms with van der Waals surface area (Å²) < 4.78 is 10.1. The Morgan fingerprint density at radius 3 is 2.79 bits per heavy atom. The molecule has 0 N–H and O–H groups in total. The van der Waals surface area contributed by atoms with E-state index in [1.807, 2.05) is 0 Å². The van der Waals surface area contributed by atoms with E-state index in [-0.39, 0.29) is 0 Å². The molecule has 4 heteroatoms. The van der Waals surface area contributed by atoms with Crippen molar-refractivity contribution in [2.75, 3.05) is 20.3 Å². The van der Waals surface area contributed by atoms with E-state index in [2.05, 4.69) is 0 Å². The van der Waals surface area contributed by atoms with Crippen LogP contribution in [0.2, 0.25) is 5.02 Å². The number of benzene rings is 1. The van der Waals surface area contributed by atoms with Crippen LogP contribution in [0.5, 0.6) is 5.75 Å². The third-order valence-electron chi connectivity index (χ3n) is 1.66. The van der Waals surface area contributed by atoms with Gasteiger partial charge in [0, 0.05) is 12.7 Å². The monoisotopic (exact) mass is 214 g/mol. The van der Waals surface area contributed by atoms with E-state index in [0.717, 1.165) is 0 Å². The van der Waals surface area contributed by atoms with Crippen molar-refractivity contribution in [1.29, 1.82) is 0 Å². The highest BCUT2D eigenvalue weighted by molar-refractivity contribution is 6.33. The Morgan fingerprint density at radius 2 is 2.21 bits per heavy atom. The van der Waals surface area contributed by atoms with Gasteiger partial charge in [0.15, 0.2) is 6.29 Å². The number of hydrogen-bond acceptors (Lipinski definition) is 3. The third kappa shape index (κ3) is 3.01. The molecule has 0 unspecified atom stereocenters. The summed E-state index contributed by atoms with van der Waals surface area (Å²) in [5, 5.41) is 0.398. The fourth-order valence-corrected chi connectivity index (χ4v) is 1.15. The Hall–Kier alpha value is -1.06. The summed E-state index contributed by atoms with van der Waals surface area (Å²) in [5.74, 6) is 0.637. The van der Waals surface area contributed by atoms with Crippen LogP contribution >= 0.6 is 11.6 Å². The molecule has 0 fully saturated rings. The van der Waals surface area contributed by atoms with Crippen molar-refractivity contribution in [2.24, 2.45) is 0 Å². The summed E-state index contributed by atoms with van der Waals surface area (Å²) in [7, 11) is 1.60. The first kappa shape index (κ1) is 11.0. The fourth-order valence-electron chi connectivity index (χ4n) is 0.936. The number of carbonyl (C=O) groups is 1. The van der Waals surface area contributed by atoms with Crippen LogP contribution in [0.4, 0.5) is 0 Å². The molecular formula is C10H11ClO3. The Balaban J connectivity index is 2.62. The summed E-state index contributed by atoms with van der Waals surface area (Å²) >= 11 is 5.80. The molecule has 0 aromatic heterocycles. The summed E-state index contributed by atoms with van der Waals surface area (Å²) in [5.41, 5.74) is 0.464. The molecule has 0 spiro atoms. The Morgan fingerprint density at radius 1 is 1.43 bits per heavy atom. The number of halogens is 1. The maximum atomic E-state index is 10.5. The molecule has 0 aliphatic carbocycles. The van der Waals surface area contributed by atoms with Gasteiger partial charge in [0.05, 0.1) is 11.6 Å². The smallest absolute Gasteiger partial charge is 0.151 e. The van der Waals surface area contributed by atoms with Gasteiger partial charge in [-0.1, -0.05) is 11.6 Å². The highest BCUT2D eigenvalue weighted by Gasteiger charge is 2.00. The summed E-state index contributed by atoms with van der Waals surface area (Å²) in [6, 6.07) is 4.93. The number of hydrogen-bond donors (Lipinski definition) is 0. The second-order valence-corrected chi connectivity index (χ2v) is 3.05. The van der Waals surface area contributed by atoms with E-state index < -0.39 is 0 Å². The largest absolute Gasteiger partial charge is 0.491 e. The highest BCUT2D eigenvalue weighted by atomic mass is 35.5. The third-order valence-corrected chi connectivity index (χ3v) is 1.98. The van der Waals surface area contributed by atoms with Crippen LogP contribution in [0.3, 0.4) is 0 Å². The topological polar surface area (TPSA) is 35.5 Å². The highest BCUT2D eigenvalue weighted by Crippen LogP contribution is 2.21. The molecule has 1 aromatic carbocycles. The first-order valence-electron chi connectivity index (χ1n) is 4.14. The molecular weight excluding hydrogens is 204 g/mol. The van der Waals surface area contributed by atoms with Crippen LogP contribution in [0.25, 0.3) is 0 Å². The maximum Gasteiger partial charge on any atom is 0.151 e. The van der Waals surface area contributed by atoms with Crippen molar-refractivity contribution in [3.05, 3.63) is 28.8 Å². The van der Waals surface area contributed by atoms with Crippen LogP contribution < -0.4 is 4.74 Å². The number of carbonyl (C=O) groups excluding carboxylic acids is 1. The minimum Gasteiger partial charge on any atom is -0.491 e. The van der Waals surface area contributed by atoms with Crippen molar-refractivity contribution in [3.8, 4) is 5.75 Å². The molecule has 0 saturated heterocycles. The minimum absolute atomic E-state index is 0.398. The van der Waals surface area contributed by atoms with E-state index in [1.165, 1.54) is 0 Å². The normalized spacial score (nSPS) is 9.86. The zero-order chi connectivity index (χ0) is 10.4. The number of rotatable bonds is 5. The molecule has 0 radical (unpaired) electrons. The first-order valence-corrected chi connectivity index (χ1v) is 4.52. The quantitative estimate of drug-likeness (QED) is 0.557. The SMILES string of the molecule is COCCOc1ccc(C=O)c(Cl)c1. The second-order valence-electron chi connectivity index (χ2n) is 2.64. The lowest BCUT2D eigenvalue weighted by Gasteiger charge is -2.06. The summed E-state index contributed by atoms with van der Waals surface area (Å²) in [6.07, 6.45) is 0.710. The van der Waals surface area contributed by atoms with E-state index in [0.29, 0.717) is 35.8 Å². The summed E-state index contributed by atoms with van der Waals surface area (Å²) in [4.78, 5) is 10.5. The van der Waals surface area contributed by atoms with Gasteiger partial charge in [0.25, 0.3) is 0 Å². The Bertz CT molecular complexity index is 312. The minimum atomic E-state index is 0.398. The molecule has 0 saturated carbocycles. The maximum absolute atomic E-state index is 10.5. The van der Waals surface area contributed by atoms with Gasteiger partial charge in [-0.3, -0.25) is 4.79 Å². The lowest BCUT2D eigenvalue weighted by Crippen LogP contribution is -2.04. The average molecular weight is 215 g/mol. The zero-order valence-corrected chi connectivity index (χ0v) is 8.58. The molecule has 0 amide bonds. The van der Waals surface area contributed by atoms with Gasteiger partial charge < -0.3 is 9.47 Å². The lowest BCUT2D eigenvalue weighted by atomic mass is 10.2. The predicted molar refractivity (Wildman–Crippen MR) is 54.2 cm³/mol. The van der Waals surface area contributed by atoms with E-state index >= 15 is 0 Å². The van der Waals surface area contributed by atoms with Crippen LogP contribution in [-0.4, -0.2) is 26.6 Å². The molecule has 1 aromatic rings. The Labute approximate surface area is 87.6 Å². The van der Waals surface area contributed by atoms with Gasteiger partial charge >= 0.3 is 0 Å². The van der Waals surface area contributed by atoms with Crippen molar-refractivity contribution in [3.63, 3.8) is 0 Å². The van der Waals surface area contributed by atoms with Crippen LogP contribution in [0.1, 0.15) is 10.4 Å². The van der Waals surface area contributed by atoms with Crippen molar-refractivity contribution in [1.82, 2.24) is 0 Å². The van der Waals surface area contributed by atoms with E-state index in [1.54, 1.807) is 25.3 Å². The molecule has 0 atom stereocenters. The van der Waals surface area contributed by atoms with E-state index in [9.17, 15) is 4.79 Å². The zero-order valence-electron chi connectivity index (χ0n) is 7.83. The fraction of sp³-hybridized carbons (Fsp3) is 0.300. The first-order chi connectivity index (χ1) is 6.77. The average Bonchev–Trinajstić information content (AvgIpc) is 2.18. The molecule has 0 bridgehead atoms. The number of methoxy groups -OCH3 is 1. The van der Waals surface area contributed by atoms with Gasteiger partial charge in [-0.15, -0.1) is 0 Å². The summed E-state index contributed by atoms with van der Waals surface area (Å²) in [6.45, 7) is 0.986. The van der Waals surface area contributed by atoms with Gasteiger partial charge in [0.1, 0.15) is 12.4 Å². The number of ether oxygens (including phenoxy) is 2. The second kappa shape index (κ2) is 5.62. The molecule has 14 heavy (non-hydrogen) atoms. The van der Waals surface area contributed by atoms with Gasteiger partial charge in [0.2, 0.25) is 0 Å². The van der Waals surface area contributed by atoms with Gasteiger partial charge in [-0.2, -0.15) is 0 Å². The van der Waals surface area contributed by atoms with Crippen LogP contribution in [0.15, 0.2) is 18.2 Å². The van der Waals surface area contributed by atoms with Crippen molar-refractivity contribution in [2.45, 2.75) is 0 Å². The number of aldehydes is 1. The van der Waals surface area contributed by atoms with Gasteiger partial charge in [-0.25, -0.2) is 0 Å². The van der Waals surface area contributed by atoms with Crippen molar-refractivity contribution >= 4 is 17.9 Å². The molecule has 3 nitrogen and oxygen atoms in total. The molecule has 0 heterocycles. The van der Waals surface area contributed by atoms with E-state index in [4.69, 9.17) is 21.1 Å². The molecule has 0 aliphatic rings. The molecule has 76 valence electrons. The molecule has 1 rings (SSSR count). The standard InChI is InChI=1S/C10H11ClO3/c1-13-4-5-14-9-3-2-8(7-12)10(11)6-9/h2-3,6-7H,4-5H2,1H3. The molecule has 0 aliphatic heterocycles. The Kier molecular flexibility index (Phi) is 4.43. The lowest BCUT2D eigenvalue weighted by molar-refractivity contribution is 0.112.